The lowest BCUT2D eigenvalue weighted by Crippen LogP contribution is -2.20. The number of hydrogen-bond donors (Lipinski definition) is 1. The number of ether oxygens (including phenoxy) is 1. The normalized spacial score (nSPS) is 10.6. The van der Waals surface area contributed by atoms with Gasteiger partial charge in [0.15, 0.2) is 12.4 Å². The first kappa shape index (κ1) is 20.3. The maximum Gasteiger partial charge on any atom is 0.262 e. The monoisotopic (exact) mass is 413 g/mol. The molecule has 0 aliphatic heterocycles. The number of aryl methyl sites for hydroxylation is 2. The number of hydrogen-bond acceptors (Lipinski definition) is 5. The second-order valence-electron chi connectivity index (χ2n) is 7.31. The molecule has 6 nitrogen and oxygen atoms in total. The Labute approximate surface area is 180 Å². The van der Waals surface area contributed by atoms with Gasteiger partial charge in [0, 0.05) is 6.42 Å². The Hall–Kier alpha value is -3.93. The molecule has 1 amide bonds. The van der Waals surface area contributed by atoms with Crippen molar-refractivity contribution in [3.05, 3.63) is 95.3 Å². The lowest BCUT2D eigenvalue weighted by atomic mass is 10.1. The molecule has 0 bridgehead atoms. The van der Waals surface area contributed by atoms with Gasteiger partial charge >= 0.3 is 0 Å². The highest BCUT2D eigenvalue weighted by Crippen LogP contribution is 2.27. The molecule has 0 radical (unpaired) electrons. The Kier molecular flexibility index (Phi) is 6.08. The summed E-state index contributed by atoms with van der Waals surface area (Å²) in [4.78, 5) is 17.0. The molecule has 31 heavy (non-hydrogen) atoms. The van der Waals surface area contributed by atoms with E-state index in [0.29, 0.717) is 35.1 Å². The first-order chi connectivity index (χ1) is 15.1. The minimum atomic E-state index is -0.269. The van der Waals surface area contributed by atoms with Crippen LogP contribution in [-0.2, 0) is 11.2 Å². The lowest BCUT2D eigenvalue weighted by Gasteiger charge is -2.10. The lowest BCUT2D eigenvalue weighted by molar-refractivity contribution is -0.118. The third kappa shape index (κ3) is 5.17. The van der Waals surface area contributed by atoms with E-state index >= 15 is 0 Å². The zero-order chi connectivity index (χ0) is 21.6. The molecule has 1 aromatic heterocycles. The Morgan fingerprint density at radius 2 is 1.74 bits per heavy atom. The van der Waals surface area contributed by atoms with Gasteiger partial charge in [-0.2, -0.15) is 4.98 Å². The van der Waals surface area contributed by atoms with Gasteiger partial charge in [-0.25, -0.2) is 0 Å². The van der Waals surface area contributed by atoms with Crippen molar-refractivity contribution < 1.29 is 14.1 Å². The van der Waals surface area contributed by atoms with E-state index < -0.39 is 0 Å². The summed E-state index contributed by atoms with van der Waals surface area (Å²) in [6.45, 7) is 3.94. The zero-order valence-electron chi connectivity index (χ0n) is 17.5. The number of aromatic nitrogens is 2. The molecule has 3 aromatic carbocycles. The molecule has 0 atom stereocenters. The highest BCUT2D eigenvalue weighted by Gasteiger charge is 2.15. The van der Waals surface area contributed by atoms with E-state index in [1.165, 1.54) is 5.56 Å². The largest absolute Gasteiger partial charge is 0.484 e. The Bertz CT molecular complexity index is 1190. The fourth-order valence-corrected chi connectivity index (χ4v) is 3.13. The topological polar surface area (TPSA) is 77.2 Å². The number of nitrogens with one attached hydrogen (secondary N) is 1. The molecular weight excluding hydrogens is 390 g/mol. The van der Waals surface area contributed by atoms with Crippen LogP contribution in [0.4, 0.5) is 5.69 Å². The van der Waals surface area contributed by atoms with Crippen LogP contribution in [0.15, 0.2) is 77.3 Å². The second kappa shape index (κ2) is 9.26. The highest BCUT2D eigenvalue weighted by molar-refractivity contribution is 5.95. The minimum Gasteiger partial charge on any atom is -0.484 e. The van der Waals surface area contributed by atoms with E-state index in [2.05, 4.69) is 15.5 Å². The van der Waals surface area contributed by atoms with Crippen LogP contribution in [0.5, 0.6) is 5.75 Å². The summed E-state index contributed by atoms with van der Waals surface area (Å²) in [7, 11) is 0. The van der Waals surface area contributed by atoms with Gasteiger partial charge in [0.1, 0.15) is 5.75 Å². The molecule has 6 heteroatoms. The molecule has 0 aliphatic carbocycles. The van der Waals surface area contributed by atoms with Gasteiger partial charge in [-0.15, -0.1) is 0 Å². The number of nitrogens with zero attached hydrogens (tertiary/aromatic N) is 2. The van der Waals surface area contributed by atoms with Crippen LogP contribution in [0.1, 0.15) is 22.5 Å². The summed E-state index contributed by atoms with van der Waals surface area (Å²) in [5.41, 5.74) is 4.64. The number of amides is 1. The van der Waals surface area contributed by atoms with Gasteiger partial charge in [0.05, 0.1) is 11.3 Å². The molecule has 4 rings (SSSR count). The molecule has 1 heterocycles. The number of anilines is 1. The number of para-hydroxylation sites is 1. The number of carbonyl (C=O) groups is 1. The maximum absolute atomic E-state index is 12.5. The molecular formula is C25H23N3O3. The Morgan fingerprint density at radius 1 is 0.968 bits per heavy atom. The summed E-state index contributed by atoms with van der Waals surface area (Å²) in [6.07, 6.45) is 0.572. The third-order valence-electron chi connectivity index (χ3n) is 4.95. The van der Waals surface area contributed by atoms with E-state index in [1.54, 1.807) is 6.07 Å². The van der Waals surface area contributed by atoms with Crippen molar-refractivity contribution in [3.8, 4) is 17.2 Å². The van der Waals surface area contributed by atoms with Crippen molar-refractivity contribution in [1.82, 2.24) is 10.1 Å². The third-order valence-corrected chi connectivity index (χ3v) is 4.95. The molecule has 0 saturated heterocycles. The SMILES string of the molecule is Cc1ccc(OCC(=O)Nc2ccccc2-c2nc(Cc3ccccc3)no2)cc1C. The van der Waals surface area contributed by atoms with E-state index in [9.17, 15) is 4.79 Å². The Balaban J connectivity index is 1.43. The first-order valence-electron chi connectivity index (χ1n) is 10.0. The van der Waals surface area contributed by atoms with Crippen LogP contribution in [0.25, 0.3) is 11.5 Å². The summed E-state index contributed by atoms with van der Waals surface area (Å²) < 4.78 is 11.1. The predicted molar refractivity (Wildman–Crippen MR) is 119 cm³/mol. The van der Waals surface area contributed by atoms with Gasteiger partial charge in [-0.3, -0.25) is 4.79 Å². The van der Waals surface area contributed by atoms with Crippen molar-refractivity contribution in [1.29, 1.82) is 0 Å². The smallest absolute Gasteiger partial charge is 0.262 e. The van der Waals surface area contributed by atoms with Crippen molar-refractivity contribution in [2.45, 2.75) is 20.3 Å². The molecule has 156 valence electrons. The average Bonchev–Trinajstić information content (AvgIpc) is 3.24. The molecule has 0 spiro atoms. The fourth-order valence-electron chi connectivity index (χ4n) is 3.13. The highest BCUT2D eigenvalue weighted by atomic mass is 16.5. The molecule has 4 aromatic rings. The summed E-state index contributed by atoms with van der Waals surface area (Å²) in [6, 6.07) is 23.0. The first-order valence-corrected chi connectivity index (χ1v) is 10.0. The van der Waals surface area contributed by atoms with Crippen LogP contribution < -0.4 is 10.1 Å². The Morgan fingerprint density at radius 3 is 2.55 bits per heavy atom. The van der Waals surface area contributed by atoms with E-state index in [-0.39, 0.29) is 12.5 Å². The second-order valence-corrected chi connectivity index (χ2v) is 7.31. The number of rotatable bonds is 7. The number of carbonyl (C=O) groups excluding carboxylic acids is 1. The number of benzene rings is 3. The summed E-state index contributed by atoms with van der Waals surface area (Å²) >= 11 is 0. The van der Waals surface area contributed by atoms with Crippen molar-refractivity contribution in [2.24, 2.45) is 0 Å². The fraction of sp³-hybridized carbons (Fsp3) is 0.160. The predicted octanol–water partition coefficient (Wildman–Crippen LogP) is 4.96. The molecule has 1 N–H and O–H groups in total. The van der Waals surface area contributed by atoms with Crippen molar-refractivity contribution in [3.63, 3.8) is 0 Å². The van der Waals surface area contributed by atoms with Crippen molar-refractivity contribution >= 4 is 11.6 Å². The van der Waals surface area contributed by atoms with Gasteiger partial charge in [-0.1, -0.05) is 53.7 Å². The van der Waals surface area contributed by atoms with Crippen LogP contribution >= 0.6 is 0 Å². The molecule has 0 unspecified atom stereocenters. The summed E-state index contributed by atoms with van der Waals surface area (Å²) in [5, 5.41) is 6.95. The zero-order valence-corrected chi connectivity index (χ0v) is 17.5. The average molecular weight is 413 g/mol. The van der Waals surface area contributed by atoms with Crippen LogP contribution in [0.3, 0.4) is 0 Å². The van der Waals surface area contributed by atoms with E-state index in [1.807, 2.05) is 80.6 Å². The summed E-state index contributed by atoms with van der Waals surface area (Å²) in [5.74, 6) is 1.33. The quantitative estimate of drug-likeness (QED) is 0.463. The van der Waals surface area contributed by atoms with Crippen LogP contribution in [0.2, 0.25) is 0 Å². The van der Waals surface area contributed by atoms with E-state index in [0.717, 1.165) is 11.1 Å². The van der Waals surface area contributed by atoms with Crippen molar-refractivity contribution in [2.75, 3.05) is 11.9 Å². The minimum absolute atomic E-state index is 0.0973. The van der Waals surface area contributed by atoms with Gasteiger partial charge < -0.3 is 14.6 Å². The van der Waals surface area contributed by atoms with Gasteiger partial charge in [0.25, 0.3) is 11.8 Å². The van der Waals surface area contributed by atoms with Gasteiger partial charge in [-0.05, 0) is 54.8 Å². The van der Waals surface area contributed by atoms with Gasteiger partial charge in [0.2, 0.25) is 0 Å². The molecule has 0 fully saturated rings. The maximum atomic E-state index is 12.5. The van der Waals surface area contributed by atoms with E-state index in [4.69, 9.17) is 9.26 Å². The molecule has 0 saturated carbocycles. The van der Waals surface area contributed by atoms with Crippen LogP contribution in [0, 0.1) is 13.8 Å². The standard InChI is InChI=1S/C25H23N3O3/c1-17-12-13-20(14-18(17)2)30-16-24(29)26-22-11-7-6-10-21(22)25-27-23(28-31-25)15-19-8-4-3-5-9-19/h3-14H,15-16H2,1-2H3,(H,26,29). The molecule has 0 aliphatic rings. The van der Waals surface area contributed by atoms with Crippen LogP contribution in [-0.4, -0.2) is 22.7 Å².